The van der Waals surface area contributed by atoms with Crippen molar-refractivity contribution >= 4 is 17.5 Å². The van der Waals surface area contributed by atoms with E-state index in [1.807, 2.05) is 13.8 Å². The van der Waals surface area contributed by atoms with Crippen LogP contribution in [0.4, 0.5) is 0 Å². The smallest absolute Gasteiger partial charge is 0.255 e. The lowest BCUT2D eigenvalue weighted by Gasteiger charge is -2.31. The number of amides is 1. The van der Waals surface area contributed by atoms with Crippen molar-refractivity contribution in [1.29, 1.82) is 0 Å². The number of benzene rings is 1. The number of piperidine rings is 1. The van der Waals surface area contributed by atoms with E-state index >= 15 is 0 Å². The molecular weight excluding hydrogens is 358 g/mol. The lowest BCUT2D eigenvalue weighted by Crippen LogP contribution is -2.38. The molecule has 3 rings (SSSR count). The van der Waals surface area contributed by atoms with Crippen LogP contribution in [0.1, 0.15) is 48.8 Å². The zero-order chi connectivity index (χ0) is 18.7. The van der Waals surface area contributed by atoms with Gasteiger partial charge >= 0.3 is 0 Å². The van der Waals surface area contributed by atoms with Gasteiger partial charge in [-0.05, 0) is 32.8 Å². The van der Waals surface area contributed by atoms with E-state index in [9.17, 15) is 4.79 Å². The number of carbonyl (C=O) groups is 1. The van der Waals surface area contributed by atoms with Crippen LogP contribution in [0.15, 0.2) is 23.0 Å². The lowest BCUT2D eigenvalue weighted by molar-refractivity contribution is 0.0710. The van der Waals surface area contributed by atoms with Crippen molar-refractivity contribution in [2.24, 2.45) is 0 Å². The van der Waals surface area contributed by atoms with E-state index in [1.54, 1.807) is 24.1 Å². The van der Waals surface area contributed by atoms with Crippen LogP contribution < -0.4 is 9.47 Å². The molecule has 26 heavy (non-hydrogen) atoms. The van der Waals surface area contributed by atoms with E-state index in [0.29, 0.717) is 41.0 Å². The van der Waals surface area contributed by atoms with Gasteiger partial charge in [0.2, 0.25) is 6.39 Å². The fraction of sp³-hybridized carbons (Fsp3) is 0.500. The molecule has 2 heterocycles. The summed E-state index contributed by atoms with van der Waals surface area (Å²) < 4.78 is 15.9. The van der Waals surface area contributed by atoms with E-state index in [4.69, 9.17) is 25.6 Å². The first-order valence-corrected chi connectivity index (χ1v) is 8.97. The summed E-state index contributed by atoms with van der Waals surface area (Å²) in [6, 6.07) is 3.29. The number of ether oxygens (including phenoxy) is 2. The second-order valence-corrected chi connectivity index (χ2v) is 6.91. The standard InChI is InChI=1S/C18H22ClN3O4/c1-11(2)26-16-9-14(19)13(8-15(16)24-3)18(23)22-6-4-12(5-7-22)17-20-10-25-21-17/h8-12H,4-7H2,1-3H3. The molecule has 0 unspecified atom stereocenters. The van der Waals surface area contributed by atoms with Crippen LogP contribution in [-0.2, 0) is 0 Å². The number of aromatic nitrogens is 2. The maximum absolute atomic E-state index is 12.9. The predicted octanol–water partition coefficient (Wildman–Crippen LogP) is 3.54. The highest BCUT2D eigenvalue weighted by molar-refractivity contribution is 6.34. The highest BCUT2D eigenvalue weighted by atomic mass is 35.5. The minimum Gasteiger partial charge on any atom is -0.493 e. The molecule has 1 aromatic heterocycles. The molecule has 2 aromatic rings. The van der Waals surface area contributed by atoms with Crippen LogP contribution in [0.3, 0.4) is 0 Å². The molecule has 1 aliphatic heterocycles. The average Bonchev–Trinajstić information content (AvgIpc) is 3.16. The Labute approximate surface area is 157 Å². The highest BCUT2D eigenvalue weighted by Crippen LogP contribution is 2.35. The third-order valence-corrected chi connectivity index (χ3v) is 4.68. The Morgan fingerprint density at radius 3 is 2.62 bits per heavy atom. The summed E-state index contributed by atoms with van der Waals surface area (Å²) in [6.45, 7) is 5.06. The second-order valence-electron chi connectivity index (χ2n) is 6.51. The third kappa shape index (κ3) is 3.93. The van der Waals surface area contributed by atoms with Crippen molar-refractivity contribution in [3.63, 3.8) is 0 Å². The largest absolute Gasteiger partial charge is 0.493 e. The Morgan fingerprint density at radius 2 is 2.04 bits per heavy atom. The summed E-state index contributed by atoms with van der Waals surface area (Å²) in [7, 11) is 1.54. The summed E-state index contributed by atoms with van der Waals surface area (Å²) in [6.07, 6.45) is 2.88. The third-order valence-electron chi connectivity index (χ3n) is 4.37. The predicted molar refractivity (Wildman–Crippen MR) is 95.9 cm³/mol. The van der Waals surface area contributed by atoms with Crippen molar-refractivity contribution in [3.8, 4) is 11.5 Å². The number of methoxy groups -OCH3 is 1. The van der Waals surface area contributed by atoms with Crippen molar-refractivity contribution in [3.05, 3.63) is 34.9 Å². The number of carbonyl (C=O) groups excluding carboxylic acids is 1. The molecule has 1 aromatic carbocycles. The molecule has 1 amide bonds. The summed E-state index contributed by atoms with van der Waals surface area (Å²) in [4.78, 5) is 18.8. The average molecular weight is 380 g/mol. The zero-order valence-electron chi connectivity index (χ0n) is 15.1. The van der Waals surface area contributed by atoms with Gasteiger partial charge in [-0.3, -0.25) is 4.79 Å². The molecule has 0 N–H and O–H groups in total. The molecule has 0 aliphatic carbocycles. The topological polar surface area (TPSA) is 77.7 Å². The van der Waals surface area contributed by atoms with E-state index in [-0.39, 0.29) is 17.9 Å². The van der Waals surface area contributed by atoms with Crippen molar-refractivity contribution in [1.82, 2.24) is 15.0 Å². The van der Waals surface area contributed by atoms with Crippen molar-refractivity contribution in [2.75, 3.05) is 20.2 Å². The molecule has 0 radical (unpaired) electrons. The number of halogens is 1. The van der Waals surface area contributed by atoms with Crippen LogP contribution >= 0.6 is 11.6 Å². The quantitative estimate of drug-likeness (QED) is 0.790. The molecular formula is C18H22ClN3O4. The van der Waals surface area contributed by atoms with Crippen LogP contribution in [0, 0.1) is 0 Å². The summed E-state index contributed by atoms with van der Waals surface area (Å²) in [5, 5.41) is 4.25. The summed E-state index contributed by atoms with van der Waals surface area (Å²) in [5.41, 5.74) is 0.414. The number of rotatable bonds is 5. The first-order chi connectivity index (χ1) is 12.5. The van der Waals surface area contributed by atoms with E-state index in [2.05, 4.69) is 10.1 Å². The number of nitrogens with zero attached hydrogens (tertiary/aromatic N) is 3. The van der Waals surface area contributed by atoms with Gasteiger partial charge in [-0.2, -0.15) is 4.98 Å². The van der Waals surface area contributed by atoms with Gasteiger partial charge in [0, 0.05) is 25.1 Å². The van der Waals surface area contributed by atoms with Gasteiger partial charge in [0.05, 0.1) is 23.8 Å². The minimum atomic E-state index is -0.115. The van der Waals surface area contributed by atoms with Crippen LogP contribution in [-0.4, -0.2) is 47.3 Å². The first kappa shape index (κ1) is 18.5. The van der Waals surface area contributed by atoms with Gasteiger partial charge < -0.3 is 18.9 Å². The zero-order valence-corrected chi connectivity index (χ0v) is 15.8. The monoisotopic (exact) mass is 379 g/mol. The molecule has 1 aliphatic rings. The summed E-state index contributed by atoms with van der Waals surface area (Å²) in [5.74, 6) is 1.82. The Morgan fingerprint density at radius 1 is 1.31 bits per heavy atom. The first-order valence-electron chi connectivity index (χ1n) is 8.59. The molecule has 1 saturated heterocycles. The molecule has 0 atom stereocenters. The minimum absolute atomic E-state index is 0.0225. The molecule has 1 fully saturated rings. The van der Waals surface area contributed by atoms with Crippen LogP contribution in [0.5, 0.6) is 11.5 Å². The van der Waals surface area contributed by atoms with E-state index < -0.39 is 0 Å². The Balaban J connectivity index is 1.73. The Bertz CT molecular complexity index is 756. The van der Waals surface area contributed by atoms with E-state index in [1.165, 1.54) is 6.39 Å². The molecule has 140 valence electrons. The van der Waals surface area contributed by atoms with Crippen molar-refractivity contribution in [2.45, 2.75) is 38.7 Å². The maximum Gasteiger partial charge on any atom is 0.255 e. The lowest BCUT2D eigenvalue weighted by atomic mass is 9.95. The van der Waals surface area contributed by atoms with Gasteiger partial charge in [0.1, 0.15) is 0 Å². The maximum atomic E-state index is 12.9. The molecule has 0 bridgehead atoms. The molecule has 0 saturated carbocycles. The van der Waals surface area contributed by atoms with Gasteiger partial charge in [-0.25, -0.2) is 0 Å². The Kier molecular flexibility index (Phi) is 5.66. The van der Waals surface area contributed by atoms with Crippen molar-refractivity contribution < 1.29 is 18.8 Å². The number of hydrogen-bond acceptors (Lipinski definition) is 6. The molecule has 0 spiro atoms. The number of hydrogen-bond donors (Lipinski definition) is 0. The summed E-state index contributed by atoms with van der Waals surface area (Å²) >= 11 is 6.35. The normalized spacial score (nSPS) is 15.3. The van der Waals surface area contributed by atoms with Gasteiger partial charge in [-0.1, -0.05) is 16.8 Å². The highest BCUT2D eigenvalue weighted by Gasteiger charge is 2.28. The fourth-order valence-corrected chi connectivity index (χ4v) is 3.31. The number of likely N-dealkylation sites (tertiary alicyclic amines) is 1. The van der Waals surface area contributed by atoms with Crippen LogP contribution in [0.2, 0.25) is 5.02 Å². The second kappa shape index (κ2) is 7.95. The van der Waals surface area contributed by atoms with Crippen LogP contribution in [0.25, 0.3) is 0 Å². The van der Waals surface area contributed by atoms with Gasteiger partial charge in [0.15, 0.2) is 17.3 Å². The van der Waals surface area contributed by atoms with Gasteiger partial charge in [-0.15, -0.1) is 0 Å². The Hall–Kier alpha value is -2.28. The van der Waals surface area contributed by atoms with E-state index in [0.717, 1.165) is 12.8 Å². The van der Waals surface area contributed by atoms with Gasteiger partial charge in [0.25, 0.3) is 5.91 Å². The SMILES string of the molecule is COc1cc(C(=O)N2CCC(c3ncon3)CC2)c(Cl)cc1OC(C)C. The molecule has 7 nitrogen and oxygen atoms in total. The fourth-order valence-electron chi connectivity index (χ4n) is 3.07. The molecule has 8 heteroatoms.